The van der Waals surface area contributed by atoms with Crippen LogP contribution in [-0.2, 0) is 13.6 Å². The maximum absolute atomic E-state index is 10.7. The molecule has 0 unspecified atom stereocenters. The average Bonchev–Trinajstić information content (AvgIpc) is 1.87. The molecule has 0 aliphatic carbocycles. The van der Waals surface area contributed by atoms with E-state index in [1.165, 1.54) is 0 Å². The third-order valence-corrected chi connectivity index (χ3v) is 2.84. The normalized spacial score (nSPS) is 11.2. The molecule has 4 heteroatoms. The van der Waals surface area contributed by atoms with E-state index in [1.807, 2.05) is 13.1 Å². The third-order valence-electron chi connectivity index (χ3n) is 1.14. The Kier molecular flexibility index (Phi) is 3.60. The zero-order chi connectivity index (χ0) is 8.20. The summed E-state index contributed by atoms with van der Waals surface area (Å²) in [5, 5.41) is 0. The minimum absolute atomic E-state index is 0.182. The number of carbonyl (C=O) groups excluding carboxylic acids is 1. The highest BCUT2D eigenvalue weighted by Crippen LogP contribution is 2.05. The first-order chi connectivity index (χ1) is 4.52. The van der Waals surface area contributed by atoms with Crippen molar-refractivity contribution in [2.45, 2.75) is 26.4 Å². The Morgan fingerprint density at radius 2 is 2.00 bits per heavy atom. The van der Waals surface area contributed by atoms with E-state index in [1.54, 1.807) is 14.0 Å². The first-order valence-corrected chi connectivity index (χ1v) is 6.10. The maximum atomic E-state index is 10.7. The van der Waals surface area contributed by atoms with Crippen molar-refractivity contribution in [1.82, 2.24) is 0 Å². The van der Waals surface area contributed by atoms with Gasteiger partial charge in [0, 0.05) is 13.5 Å². The van der Waals surface area contributed by atoms with Crippen molar-refractivity contribution in [2.24, 2.45) is 0 Å². The minimum atomic E-state index is -2.11. The van der Waals surface area contributed by atoms with Crippen molar-refractivity contribution < 1.29 is 13.6 Å². The van der Waals surface area contributed by atoms with Gasteiger partial charge >= 0.3 is 8.56 Å². The Bertz CT molecular complexity index is 122. The number of rotatable bonds is 3. The van der Waals surface area contributed by atoms with E-state index in [0.717, 1.165) is 0 Å². The lowest BCUT2D eigenvalue weighted by Gasteiger charge is -2.19. The molecule has 0 bridgehead atoms. The molecule has 60 valence electrons. The minimum Gasteiger partial charge on any atom is -0.494 e. The van der Waals surface area contributed by atoms with Crippen molar-refractivity contribution in [3.05, 3.63) is 0 Å². The second-order valence-corrected chi connectivity index (χ2v) is 5.84. The smallest absolute Gasteiger partial charge is 0.394 e. The molecule has 0 aliphatic rings. The molecule has 0 aromatic carbocycles. The van der Waals surface area contributed by atoms with Gasteiger partial charge in [0.1, 0.15) is 0 Å². The van der Waals surface area contributed by atoms with Crippen molar-refractivity contribution in [2.75, 3.05) is 7.11 Å². The highest BCUT2D eigenvalue weighted by atomic mass is 28.4. The molecule has 0 rings (SSSR count). The Morgan fingerprint density at radius 1 is 1.50 bits per heavy atom. The van der Waals surface area contributed by atoms with E-state index in [9.17, 15) is 4.79 Å². The number of hydrogen-bond acceptors (Lipinski definition) is 3. The highest BCUT2D eigenvalue weighted by Gasteiger charge is 2.26. The highest BCUT2D eigenvalue weighted by molar-refractivity contribution is 6.66. The van der Waals surface area contributed by atoms with Crippen LogP contribution >= 0.6 is 0 Å². The Morgan fingerprint density at radius 3 is 2.30 bits per heavy atom. The standard InChI is InChI=1S/C6H14O3Si/c1-5-6(7)9-10(3,4)8-2/h5H2,1-4H3. The summed E-state index contributed by atoms with van der Waals surface area (Å²) in [6.45, 7) is 5.43. The second kappa shape index (κ2) is 3.73. The van der Waals surface area contributed by atoms with Gasteiger partial charge < -0.3 is 8.85 Å². The van der Waals surface area contributed by atoms with E-state index in [0.29, 0.717) is 6.42 Å². The van der Waals surface area contributed by atoms with Gasteiger partial charge in [-0.3, -0.25) is 4.79 Å². The van der Waals surface area contributed by atoms with E-state index in [4.69, 9.17) is 8.85 Å². The molecule has 0 aliphatic heterocycles. The topological polar surface area (TPSA) is 35.5 Å². The molecule has 0 amide bonds. The molecule has 3 nitrogen and oxygen atoms in total. The molecule has 0 saturated heterocycles. The molecule has 0 N–H and O–H groups in total. The van der Waals surface area contributed by atoms with Crippen LogP contribution < -0.4 is 0 Å². The molecule has 0 heterocycles. The molecule has 0 spiro atoms. The molecule has 0 atom stereocenters. The fourth-order valence-electron chi connectivity index (χ4n) is 0.388. The Labute approximate surface area is 62.6 Å². The maximum Gasteiger partial charge on any atom is 0.394 e. The van der Waals surface area contributed by atoms with Gasteiger partial charge in [-0.05, 0) is 13.1 Å². The molecular weight excluding hydrogens is 148 g/mol. The Hall–Kier alpha value is -0.353. The lowest BCUT2D eigenvalue weighted by Crippen LogP contribution is -2.35. The predicted molar refractivity (Wildman–Crippen MR) is 40.9 cm³/mol. The monoisotopic (exact) mass is 162 g/mol. The van der Waals surface area contributed by atoms with Crippen LogP contribution in [0.15, 0.2) is 0 Å². The largest absolute Gasteiger partial charge is 0.494 e. The fourth-order valence-corrected chi connectivity index (χ4v) is 1.16. The van der Waals surface area contributed by atoms with Crippen LogP contribution in [0.2, 0.25) is 13.1 Å². The van der Waals surface area contributed by atoms with Crippen LogP contribution in [-0.4, -0.2) is 21.6 Å². The van der Waals surface area contributed by atoms with Crippen molar-refractivity contribution in [1.29, 1.82) is 0 Å². The van der Waals surface area contributed by atoms with Crippen molar-refractivity contribution in [3.63, 3.8) is 0 Å². The van der Waals surface area contributed by atoms with Gasteiger partial charge in [-0.2, -0.15) is 0 Å². The van der Waals surface area contributed by atoms with Crippen LogP contribution in [0.3, 0.4) is 0 Å². The van der Waals surface area contributed by atoms with Crippen LogP contribution in [0.4, 0.5) is 0 Å². The fraction of sp³-hybridized carbons (Fsp3) is 0.833. The van der Waals surface area contributed by atoms with Crippen LogP contribution in [0.5, 0.6) is 0 Å². The third kappa shape index (κ3) is 3.63. The van der Waals surface area contributed by atoms with E-state index in [-0.39, 0.29) is 5.97 Å². The van der Waals surface area contributed by atoms with E-state index in [2.05, 4.69) is 0 Å². The summed E-state index contributed by atoms with van der Waals surface area (Å²) in [6.07, 6.45) is 0.416. The summed E-state index contributed by atoms with van der Waals surface area (Å²) in [4.78, 5) is 10.7. The van der Waals surface area contributed by atoms with Crippen molar-refractivity contribution in [3.8, 4) is 0 Å². The van der Waals surface area contributed by atoms with Gasteiger partial charge in [-0.1, -0.05) is 6.92 Å². The first-order valence-electron chi connectivity index (χ1n) is 3.29. The summed E-state index contributed by atoms with van der Waals surface area (Å²) in [6, 6.07) is 0. The molecule has 0 aromatic rings. The Balaban J connectivity index is 3.76. The SMILES string of the molecule is CCC(=O)O[Si](C)(C)OC. The van der Waals surface area contributed by atoms with Gasteiger partial charge in [0.2, 0.25) is 0 Å². The first kappa shape index (κ1) is 9.65. The molecule has 0 fully saturated rings. The predicted octanol–water partition coefficient (Wildman–Crippen LogP) is 1.29. The summed E-state index contributed by atoms with van der Waals surface area (Å²) >= 11 is 0. The summed E-state index contributed by atoms with van der Waals surface area (Å²) in [5.74, 6) is -0.182. The quantitative estimate of drug-likeness (QED) is 0.587. The van der Waals surface area contributed by atoms with E-state index < -0.39 is 8.56 Å². The molecule has 0 saturated carbocycles. The van der Waals surface area contributed by atoms with E-state index >= 15 is 0 Å². The van der Waals surface area contributed by atoms with Gasteiger partial charge in [-0.25, -0.2) is 0 Å². The lowest BCUT2D eigenvalue weighted by atomic mass is 10.5. The van der Waals surface area contributed by atoms with Crippen molar-refractivity contribution >= 4 is 14.5 Å². The zero-order valence-corrected chi connectivity index (χ0v) is 7.93. The molecular formula is C6H14O3Si. The van der Waals surface area contributed by atoms with Gasteiger partial charge in [0.15, 0.2) is 0 Å². The number of carbonyl (C=O) groups is 1. The molecule has 10 heavy (non-hydrogen) atoms. The summed E-state index contributed by atoms with van der Waals surface area (Å²) in [7, 11) is -0.546. The van der Waals surface area contributed by atoms with Crippen LogP contribution in [0.25, 0.3) is 0 Å². The van der Waals surface area contributed by atoms with Crippen LogP contribution in [0.1, 0.15) is 13.3 Å². The van der Waals surface area contributed by atoms with Gasteiger partial charge in [0.25, 0.3) is 5.97 Å². The van der Waals surface area contributed by atoms with Gasteiger partial charge in [0.05, 0.1) is 0 Å². The summed E-state index contributed by atoms with van der Waals surface area (Å²) < 4.78 is 10.0. The zero-order valence-electron chi connectivity index (χ0n) is 6.93. The van der Waals surface area contributed by atoms with Gasteiger partial charge in [-0.15, -0.1) is 0 Å². The number of hydrogen-bond donors (Lipinski definition) is 0. The van der Waals surface area contributed by atoms with Crippen LogP contribution in [0, 0.1) is 0 Å². The summed E-state index contributed by atoms with van der Waals surface area (Å²) in [5.41, 5.74) is 0. The molecule has 0 radical (unpaired) electrons. The average molecular weight is 162 g/mol. The molecule has 0 aromatic heterocycles. The lowest BCUT2D eigenvalue weighted by molar-refractivity contribution is -0.136. The second-order valence-electron chi connectivity index (χ2n) is 2.43.